The second kappa shape index (κ2) is 5.65. The van der Waals surface area contributed by atoms with Crippen LogP contribution in [0.3, 0.4) is 0 Å². The number of hydrogen-bond acceptors (Lipinski definition) is 6. The Kier molecular flexibility index (Phi) is 3.95. The summed E-state index contributed by atoms with van der Waals surface area (Å²) in [7, 11) is 2.14. The second-order valence-electron chi connectivity index (χ2n) is 4.72. The summed E-state index contributed by atoms with van der Waals surface area (Å²) < 4.78 is 0. The number of rotatable bonds is 4. The summed E-state index contributed by atoms with van der Waals surface area (Å²) >= 11 is 0. The molecule has 1 aliphatic heterocycles. The summed E-state index contributed by atoms with van der Waals surface area (Å²) in [6, 6.07) is 1.76. The first-order valence-electron chi connectivity index (χ1n) is 6.10. The van der Waals surface area contributed by atoms with E-state index in [9.17, 15) is 0 Å². The fraction of sp³-hybridized carbons (Fsp3) is 0.583. The Morgan fingerprint density at radius 3 is 2.94 bits per heavy atom. The number of nitrogens with zero attached hydrogens (tertiary/aromatic N) is 4. The minimum absolute atomic E-state index is 0.538. The van der Waals surface area contributed by atoms with E-state index in [1.165, 1.54) is 6.42 Å². The van der Waals surface area contributed by atoms with Crippen molar-refractivity contribution >= 4 is 11.6 Å². The van der Waals surface area contributed by atoms with Crippen molar-refractivity contribution in [3.8, 4) is 6.19 Å². The van der Waals surface area contributed by atoms with E-state index in [1.807, 2.05) is 13.1 Å². The van der Waals surface area contributed by atoms with Crippen LogP contribution in [0.5, 0.6) is 0 Å². The van der Waals surface area contributed by atoms with Crippen LogP contribution < -0.4 is 10.6 Å². The molecule has 1 saturated heterocycles. The average Bonchev–Trinajstić information content (AvgIpc) is 2.72. The zero-order valence-corrected chi connectivity index (χ0v) is 10.8. The molecule has 1 aromatic heterocycles. The first kappa shape index (κ1) is 12.6. The van der Waals surface area contributed by atoms with Crippen molar-refractivity contribution in [3.63, 3.8) is 0 Å². The van der Waals surface area contributed by atoms with Gasteiger partial charge < -0.3 is 10.2 Å². The van der Waals surface area contributed by atoms with Crippen molar-refractivity contribution < 1.29 is 0 Å². The maximum Gasteiger partial charge on any atom is 0.182 e. The Balaban J connectivity index is 1.94. The number of nitriles is 1. The van der Waals surface area contributed by atoms with Crippen LogP contribution in [0.4, 0.5) is 11.6 Å². The summed E-state index contributed by atoms with van der Waals surface area (Å²) in [4.78, 5) is 10.8. The molecule has 18 heavy (non-hydrogen) atoms. The molecule has 96 valence electrons. The third kappa shape index (κ3) is 3.31. The van der Waals surface area contributed by atoms with E-state index in [-0.39, 0.29) is 0 Å². The van der Waals surface area contributed by atoms with Crippen LogP contribution in [0.25, 0.3) is 0 Å². The fourth-order valence-corrected chi connectivity index (χ4v) is 2.22. The lowest BCUT2D eigenvalue weighted by atomic mass is 10.1. The van der Waals surface area contributed by atoms with Gasteiger partial charge in [-0.25, -0.2) is 9.97 Å². The summed E-state index contributed by atoms with van der Waals surface area (Å²) in [5, 5.41) is 14.4. The van der Waals surface area contributed by atoms with Crippen molar-refractivity contribution in [2.24, 2.45) is 5.92 Å². The van der Waals surface area contributed by atoms with Gasteiger partial charge in [-0.3, -0.25) is 5.32 Å². The maximum absolute atomic E-state index is 8.59. The number of aryl methyl sites for hydroxylation is 1. The largest absolute Gasteiger partial charge is 0.370 e. The van der Waals surface area contributed by atoms with Gasteiger partial charge in [0.05, 0.1) is 0 Å². The van der Waals surface area contributed by atoms with E-state index in [0.29, 0.717) is 17.6 Å². The van der Waals surface area contributed by atoms with Crippen molar-refractivity contribution in [1.82, 2.24) is 14.9 Å². The predicted octanol–water partition coefficient (Wildman–Crippen LogP) is 1.04. The Hall–Kier alpha value is -1.87. The molecule has 6 heteroatoms. The quantitative estimate of drug-likeness (QED) is 0.610. The normalized spacial score (nSPS) is 19.5. The van der Waals surface area contributed by atoms with E-state index in [1.54, 1.807) is 6.07 Å². The lowest BCUT2D eigenvalue weighted by Crippen LogP contribution is -2.19. The second-order valence-corrected chi connectivity index (χ2v) is 4.72. The van der Waals surface area contributed by atoms with Crippen LogP contribution in [-0.2, 0) is 0 Å². The van der Waals surface area contributed by atoms with Gasteiger partial charge in [0.15, 0.2) is 6.19 Å². The smallest absolute Gasteiger partial charge is 0.182 e. The highest BCUT2D eigenvalue weighted by Gasteiger charge is 2.19. The van der Waals surface area contributed by atoms with E-state index in [4.69, 9.17) is 5.26 Å². The zero-order chi connectivity index (χ0) is 13.0. The minimum atomic E-state index is 0.538. The van der Waals surface area contributed by atoms with Gasteiger partial charge in [-0.05, 0) is 32.9 Å². The standard InChI is InChI=1S/C12H18N6/c1-9-16-11(5-12(17-9)15-8-13)14-6-10-3-4-18(2)7-10/h5,10H,3-4,6-7H2,1-2H3,(H2,14,15,16,17). The van der Waals surface area contributed by atoms with Crippen LogP contribution in [0.2, 0.25) is 0 Å². The molecule has 0 bridgehead atoms. The van der Waals surface area contributed by atoms with Crippen molar-refractivity contribution in [2.45, 2.75) is 13.3 Å². The number of nitrogens with one attached hydrogen (secondary N) is 2. The van der Waals surface area contributed by atoms with E-state index < -0.39 is 0 Å². The third-order valence-corrected chi connectivity index (χ3v) is 3.08. The molecule has 0 radical (unpaired) electrons. The molecule has 0 aromatic carbocycles. The highest BCUT2D eigenvalue weighted by atomic mass is 15.1. The van der Waals surface area contributed by atoms with Crippen LogP contribution in [0.1, 0.15) is 12.2 Å². The Bertz CT molecular complexity index is 452. The molecule has 0 saturated carbocycles. The summed E-state index contributed by atoms with van der Waals surface area (Å²) in [6.45, 7) is 5.01. The average molecular weight is 246 g/mol. The molecule has 1 aliphatic rings. The van der Waals surface area contributed by atoms with E-state index in [0.717, 1.165) is 25.5 Å². The lowest BCUT2D eigenvalue weighted by Gasteiger charge is -2.12. The lowest BCUT2D eigenvalue weighted by molar-refractivity contribution is 0.399. The SMILES string of the molecule is Cc1nc(NC#N)cc(NCC2CCN(C)C2)n1. The number of anilines is 2. The molecule has 2 heterocycles. The van der Waals surface area contributed by atoms with E-state index >= 15 is 0 Å². The predicted molar refractivity (Wildman–Crippen MR) is 70.1 cm³/mol. The van der Waals surface area contributed by atoms with Crippen LogP contribution >= 0.6 is 0 Å². The topological polar surface area (TPSA) is 76.9 Å². The number of hydrogen-bond donors (Lipinski definition) is 2. The molecular formula is C12H18N6. The van der Waals surface area contributed by atoms with Crippen LogP contribution in [0, 0.1) is 24.3 Å². The van der Waals surface area contributed by atoms with Gasteiger partial charge in [-0.2, -0.15) is 5.26 Å². The highest BCUT2D eigenvalue weighted by molar-refractivity contribution is 5.49. The van der Waals surface area contributed by atoms with Gasteiger partial charge in [-0.1, -0.05) is 0 Å². The van der Waals surface area contributed by atoms with Crippen molar-refractivity contribution in [1.29, 1.82) is 5.26 Å². The summed E-state index contributed by atoms with van der Waals surface area (Å²) in [5.41, 5.74) is 0. The number of likely N-dealkylation sites (tertiary alicyclic amines) is 1. The maximum atomic E-state index is 8.59. The molecule has 2 N–H and O–H groups in total. The molecule has 1 atom stereocenters. The van der Waals surface area contributed by atoms with Gasteiger partial charge in [0.2, 0.25) is 0 Å². The van der Waals surface area contributed by atoms with Gasteiger partial charge in [-0.15, -0.1) is 0 Å². The summed E-state index contributed by atoms with van der Waals surface area (Å²) in [6.07, 6.45) is 3.09. The molecule has 0 amide bonds. The molecule has 1 fully saturated rings. The van der Waals surface area contributed by atoms with Crippen LogP contribution in [-0.4, -0.2) is 41.5 Å². The Morgan fingerprint density at radius 1 is 1.50 bits per heavy atom. The van der Waals surface area contributed by atoms with Gasteiger partial charge in [0.1, 0.15) is 17.5 Å². The van der Waals surface area contributed by atoms with Gasteiger partial charge in [0.25, 0.3) is 0 Å². The zero-order valence-electron chi connectivity index (χ0n) is 10.8. The fourth-order valence-electron chi connectivity index (χ4n) is 2.22. The Morgan fingerprint density at radius 2 is 2.28 bits per heavy atom. The minimum Gasteiger partial charge on any atom is -0.370 e. The molecular weight excluding hydrogens is 228 g/mol. The molecule has 0 spiro atoms. The van der Waals surface area contributed by atoms with Gasteiger partial charge >= 0.3 is 0 Å². The molecule has 0 aliphatic carbocycles. The summed E-state index contributed by atoms with van der Waals surface area (Å²) in [5.74, 6) is 2.63. The first-order valence-corrected chi connectivity index (χ1v) is 6.10. The first-order chi connectivity index (χ1) is 8.67. The highest BCUT2D eigenvalue weighted by Crippen LogP contribution is 2.16. The molecule has 2 rings (SSSR count). The van der Waals surface area contributed by atoms with Crippen molar-refractivity contribution in [2.75, 3.05) is 37.3 Å². The number of aromatic nitrogens is 2. The Labute approximate surface area is 107 Å². The monoisotopic (exact) mass is 246 g/mol. The molecule has 6 nitrogen and oxygen atoms in total. The molecule has 1 aromatic rings. The van der Waals surface area contributed by atoms with Gasteiger partial charge in [0, 0.05) is 19.2 Å². The third-order valence-electron chi connectivity index (χ3n) is 3.08. The van der Waals surface area contributed by atoms with E-state index in [2.05, 4.69) is 32.5 Å². The molecule has 1 unspecified atom stereocenters. The van der Waals surface area contributed by atoms with Crippen LogP contribution in [0.15, 0.2) is 6.07 Å². The van der Waals surface area contributed by atoms with Crippen molar-refractivity contribution in [3.05, 3.63) is 11.9 Å².